The number of anilines is 2. The molecule has 1 N–H and O–H groups in total. The molecule has 0 spiro atoms. The number of nitro groups is 1. The summed E-state index contributed by atoms with van der Waals surface area (Å²) in [4.78, 5) is 17.0. The molecule has 25 heavy (non-hydrogen) atoms. The van der Waals surface area contributed by atoms with Gasteiger partial charge in [0.25, 0.3) is 5.82 Å². The van der Waals surface area contributed by atoms with Crippen molar-refractivity contribution in [3.63, 3.8) is 0 Å². The van der Waals surface area contributed by atoms with Gasteiger partial charge < -0.3 is 4.90 Å². The largest absolute Gasteiger partial charge is 0.416 e. The maximum absolute atomic E-state index is 12.8. The molecule has 0 saturated carbocycles. The average Bonchev–Trinajstić information content (AvgIpc) is 2.61. The molecule has 0 radical (unpaired) electrons. The van der Waals surface area contributed by atoms with Crippen LogP contribution in [-0.4, -0.2) is 31.1 Å². The fraction of sp³-hybridized carbons (Fsp3) is 0.312. The van der Waals surface area contributed by atoms with E-state index >= 15 is 0 Å². The molecule has 132 valence electrons. The number of rotatable bonds is 3. The fourth-order valence-electron chi connectivity index (χ4n) is 2.80. The number of pyridine rings is 1. The molecule has 1 aliphatic heterocycles. The number of aromatic nitrogens is 1. The maximum Gasteiger partial charge on any atom is 0.416 e. The van der Waals surface area contributed by atoms with Crippen LogP contribution >= 0.6 is 0 Å². The second kappa shape index (κ2) is 6.58. The summed E-state index contributed by atoms with van der Waals surface area (Å²) in [5.74, 6) is 0.745. The molecule has 1 saturated heterocycles. The third-order valence-electron chi connectivity index (χ3n) is 4.15. The lowest BCUT2D eigenvalue weighted by Crippen LogP contribution is -2.48. The van der Waals surface area contributed by atoms with E-state index in [0.29, 0.717) is 31.9 Å². The zero-order valence-electron chi connectivity index (χ0n) is 13.2. The lowest BCUT2D eigenvalue weighted by Gasteiger charge is -2.32. The van der Waals surface area contributed by atoms with Crippen LogP contribution in [0.3, 0.4) is 0 Å². The van der Waals surface area contributed by atoms with Crippen LogP contribution in [0.4, 0.5) is 30.4 Å². The minimum atomic E-state index is -4.36. The topological polar surface area (TPSA) is 63.8 Å². The number of benzene rings is 1. The number of piperazine rings is 1. The molecule has 6 nitrogen and oxygen atoms in total. The molecule has 2 heterocycles. The number of alkyl halides is 3. The standard InChI is InChI=1S/C16H15F3N4O2/c17-16(18,19)12-2-1-3-13(10-12)21-6-8-22(9-7-21)15-5-4-14(11-20-15)23(24)25/h1-5,10-11H,6-9H2/p+1. The van der Waals surface area contributed by atoms with E-state index in [-0.39, 0.29) is 5.69 Å². The van der Waals surface area contributed by atoms with Crippen molar-refractivity contribution < 1.29 is 23.1 Å². The van der Waals surface area contributed by atoms with Gasteiger partial charge in [-0.2, -0.15) is 13.2 Å². The van der Waals surface area contributed by atoms with E-state index in [9.17, 15) is 23.3 Å². The first-order chi connectivity index (χ1) is 11.8. The van der Waals surface area contributed by atoms with Crippen LogP contribution < -0.4 is 14.8 Å². The molecule has 2 aromatic rings. The van der Waals surface area contributed by atoms with Crippen molar-refractivity contribution in [2.24, 2.45) is 0 Å². The maximum atomic E-state index is 12.8. The monoisotopic (exact) mass is 353 g/mol. The summed E-state index contributed by atoms with van der Waals surface area (Å²) in [5.41, 5.74) is -0.135. The molecular formula is C16H16F3N4O2+. The quantitative estimate of drug-likeness (QED) is 0.629. The van der Waals surface area contributed by atoms with Crippen molar-refractivity contribution in [3.05, 3.63) is 58.3 Å². The molecule has 0 aliphatic carbocycles. The van der Waals surface area contributed by atoms with Crippen LogP contribution in [-0.2, 0) is 6.18 Å². The summed E-state index contributed by atoms with van der Waals surface area (Å²) in [6, 6.07) is 8.36. The molecule has 3 rings (SSSR count). The van der Waals surface area contributed by atoms with E-state index in [2.05, 4.69) is 4.98 Å². The molecule has 1 aromatic heterocycles. The van der Waals surface area contributed by atoms with Gasteiger partial charge in [0.05, 0.1) is 23.6 Å². The SMILES string of the molecule is O=[N+]([O-])c1ccc(N2CCN(c3cccc(C(F)(F)F)c3)CC2)[nH+]c1. The summed E-state index contributed by atoms with van der Waals surface area (Å²) in [5, 5.41) is 10.7. The number of halogens is 3. The molecule has 1 fully saturated rings. The zero-order chi connectivity index (χ0) is 18.0. The summed E-state index contributed by atoms with van der Waals surface area (Å²) in [7, 11) is 0. The summed E-state index contributed by atoms with van der Waals surface area (Å²) < 4.78 is 38.5. The molecule has 0 amide bonds. The van der Waals surface area contributed by atoms with Gasteiger partial charge in [0, 0.05) is 17.8 Å². The fourth-order valence-corrected chi connectivity index (χ4v) is 2.80. The van der Waals surface area contributed by atoms with Crippen LogP contribution in [0, 0.1) is 10.1 Å². The second-order valence-electron chi connectivity index (χ2n) is 5.71. The van der Waals surface area contributed by atoms with Gasteiger partial charge in [0.15, 0.2) is 6.20 Å². The first kappa shape index (κ1) is 17.0. The first-order valence-corrected chi connectivity index (χ1v) is 7.68. The summed E-state index contributed by atoms with van der Waals surface area (Å²) in [6.07, 6.45) is -3.03. The third-order valence-corrected chi connectivity index (χ3v) is 4.15. The molecule has 0 bridgehead atoms. The van der Waals surface area contributed by atoms with Gasteiger partial charge >= 0.3 is 11.9 Å². The zero-order valence-corrected chi connectivity index (χ0v) is 13.2. The van der Waals surface area contributed by atoms with Crippen molar-refractivity contribution in [1.82, 2.24) is 0 Å². The Balaban J connectivity index is 1.67. The Morgan fingerprint density at radius 3 is 2.28 bits per heavy atom. The van der Waals surface area contributed by atoms with Gasteiger partial charge in [-0.15, -0.1) is 0 Å². The average molecular weight is 353 g/mol. The van der Waals surface area contributed by atoms with E-state index in [4.69, 9.17) is 0 Å². The van der Waals surface area contributed by atoms with Crippen molar-refractivity contribution in [1.29, 1.82) is 0 Å². The Morgan fingerprint density at radius 2 is 1.72 bits per heavy atom. The van der Waals surface area contributed by atoms with Gasteiger partial charge in [-0.05, 0) is 18.2 Å². The Morgan fingerprint density at radius 1 is 1.04 bits per heavy atom. The summed E-state index contributed by atoms with van der Waals surface area (Å²) >= 11 is 0. The van der Waals surface area contributed by atoms with Crippen molar-refractivity contribution >= 4 is 17.2 Å². The smallest absolute Gasteiger partial charge is 0.364 e. The first-order valence-electron chi connectivity index (χ1n) is 7.68. The Labute approximate surface area is 141 Å². The lowest BCUT2D eigenvalue weighted by atomic mass is 10.1. The number of nitrogens with zero attached hydrogens (tertiary/aromatic N) is 3. The van der Waals surface area contributed by atoms with Crippen molar-refractivity contribution in [2.75, 3.05) is 36.0 Å². The minimum Gasteiger partial charge on any atom is -0.364 e. The molecule has 0 atom stereocenters. The highest BCUT2D eigenvalue weighted by atomic mass is 19.4. The highest BCUT2D eigenvalue weighted by Gasteiger charge is 2.31. The van der Waals surface area contributed by atoms with Crippen molar-refractivity contribution in [3.8, 4) is 0 Å². The predicted molar refractivity (Wildman–Crippen MR) is 85.5 cm³/mol. The molecule has 1 aromatic carbocycles. The minimum absolute atomic E-state index is 0.0219. The second-order valence-corrected chi connectivity index (χ2v) is 5.71. The van der Waals surface area contributed by atoms with Gasteiger partial charge in [-0.25, -0.2) is 4.98 Å². The molecule has 0 unspecified atom stereocenters. The predicted octanol–water partition coefficient (Wildman–Crippen LogP) is 2.75. The van der Waals surface area contributed by atoms with E-state index < -0.39 is 16.7 Å². The lowest BCUT2D eigenvalue weighted by molar-refractivity contribution is -0.414. The van der Waals surface area contributed by atoms with E-state index in [0.717, 1.165) is 18.0 Å². The molecular weight excluding hydrogens is 337 g/mol. The Hall–Kier alpha value is -2.84. The van der Waals surface area contributed by atoms with Crippen LogP contribution in [0.15, 0.2) is 42.6 Å². The Kier molecular flexibility index (Phi) is 4.47. The summed E-state index contributed by atoms with van der Waals surface area (Å²) in [6.45, 7) is 2.33. The van der Waals surface area contributed by atoms with E-state index in [1.54, 1.807) is 12.1 Å². The van der Waals surface area contributed by atoms with Crippen LogP contribution in [0.5, 0.6) is 0 Å². The van der Waals surface area contributed by atoms with Crippen molar-refractivity contribution in [2.45, 2.75) is 6.18 Å². The van der Waals surface area contributed by atoms with Gasteiger partial charge in [-0.1, -0.05) is 6.07 Å². The van der Waals surface area contributed by atoms with Gasteiger partial charge in [0.2, 0.25) is 0 Å². The highest BCUT2D eigenvalue weighted by Crippen LogP contribution is 2.32. The Bertz CT molecular complexity index is 757. The normalized spacial score (nSPS) is 15.3. The van der Waals surface area contributed by atoms with E-state index in [1.165, 1.54) is 18.3 Å². The molecule has 9 heteroatoms. The van der Waals surface area contributed by atoms with Gasteiger partial charge in [-0.3, -0.25) is 15.0 Å². The third kappa shape index (κ3) is 3.81. The number of aromatic amines is 1. The molecule has 1 aliphatic rings. The number of hydrogen-bond acceptors (Lipinski definition) is 4. The van der Waals surface area contributed by atoms with E-state index in [1.807, 2.05) is 9.80 Å². The van der Waals surface area contributed by atoms with Crippen LogP contribution in [0.2, 0.25) is 0 Å². The number of H-pyrrole nitrogens is 1. The number of hydrogen-bond donors (Lipinski definition) is 0. The van der Waals surface area contributed by atoms with Crippen LogP contribution in [0.25, 0.3) is 0 Å². The number of nitrogens with one attached hydrogen (secondary N) is 1. The van der Waals surface area contributed by atoms with Crippen LogP contribution in [0.1, 0.15) is 5.56 Å². The van der Waals surface area contributed by atoms with Gasteiger partial charge in [0.1, 0.15) is 13.1 Å². The highest BCUT2D eigenvalue weighted by molar-refractivity contribution is 5.51.